The first kappa shape index (κ1) is 22.6. The topological polar surface area (TPSA) is 64.9 Å². The van der Waals surface area contributed by atoms with Gasteiger partial charge in [0.15, 0.2) is 0 Å². The number of piperazine rings is 1. The van der Waals surface area contributed by atoms with Gasteiger partial charge in [-0.1, -0.05) is 6.92 Å². The van der Waals surface area contributed by atoms with E-state index in [9.17, 15) is 13.6 Å². The Kier molecular flexibility index (Phi) is 6.36. The minimum atomic E-state index is -0.619. The molecule has 2 aliphatic rings. The van der Waals surface area contributed by atoms with Crippen molar-refractivity contribution < 1.29 is 13.6 Å². The van der Waals surface area contributed by atoms with Crippen LogP contribution in [0, 0.1) is 17.6 Å². The highest BCUT2D eigenvalue weighted by molar-refractivity contribution is 5.82. The van der Waals surface area contributed by atoms with E-state index in [2.05, 4.69) is 20.6 Å². The zero-order chi connectivity index (χ0) is 23.7. The molecule has 7 nitrogen and oxygen atoms in total. The molecular weight excluding hydrogens is 438 g/mol. The highest BCUT2D eigenvalue weighted by Crippen LogP contribution is 2.33. The highest BCUT2D eigenvalue weighted by atomic mass is 19.1. The van der Waals surface area contributed by atoms with Crippen molar-refractivity contribution in [1.29, 1.82) is 0 Å². The molecule has 0 spiro atoms. The Balaban J connectivity index is 1.35. The number of rotatable bonds is 8. The number of nitrogens with one attached hydrogen (secondary N) is 2. The van der Waals surface area contributed by atoms with Crippen molar-refractivity contribution in [2.45, 2.75) is 19.8 Å². The quantitative estimate of drug-likeness (QED) is 0.497. The number of benzene rings is 1. The molecule has 1 aliphatic carbocycles. The summed E-state index contributed by atoms with van der Waals surface area (Å²) in [5.74, 6) is -0.714. The number of hydrogen-bond donors (Lipinski definition) is 2. The third kappa shape index (κ3) is 4.57. The highest BCUT2D eigenvalue weighted by Gasteiger charge is 2.34. The number of nitrogens with zero attached hydrogens (tertiary/aromatic N) is 4. The summed E-state index contributed by atoms with van der Waals surface area (Å²) < 4.78 is 31.2. The van der Waals surface area contributed by atoms with Crippen molar-refractivity contribution in [2.75, 3.05) is 56.0 Å². The summed E-state index contributed by atoms with van der Waals surface area (Å²) in [6.07, 6.45) is 5.56. The van der Waals surface area contributed by atoms with Crippen molar-refractivity contribution in [3.63, 3.8) is 0 Å². The van der Waals surface area contributed by atoms with Gasteiger partial charge in [-0.3, -0.25) is 4.79 Å². The maximum atomic E-state index is 14.7. The van der Waals surface area contributed by atoms with Crippen molar-refractivity contribution in [3.8, 4) is 11.1 Å². The second kappa shape index (κ2) is 9.58. The number of aromatic nitrogens is 2. The minimum Gasteiger partial charge on any atom is -0.379 e. The molecule has 1 saturated heterocycles. The van der Waals surface area contributed by atoms with E-state index in [0.29, 0.717) is 37.3 Å². The number of likely N-dealkylation sites (N-methyl/N-ethyl adjacent to an activating group) is 1. The van der Waals surface area contributed by atoms with Gasteiger partial charge in [-0.25, -0.2) is 13.3 Å². The van der Waals surface area contributed by atoms with Crippen LogP contribution in [-0.2, 0) is 4.79 Å². The Morgan fingerprint density at radius 2 is 1.79 bits per heavy atom. The molecule has 9 heteroatoms. The van der Waals surface area contributed by atoms with E-state index in [0.717, 1.165) is 43.7 Å². The van der Waals surface area contributed by atoms with Crippen LogP contribution in [0.3, 0.4) is 0 Å². The Bertz CT molecular complexity index is 1160. The standard InChI is InChI=1S/C25H30F2N6O/c1-2-28-7-8-29-24-20(26)13-18(14-21(24)27)19-15-23-22(5-6-30-33(23)16-19)31-9-11-32(12-10-31)25(34)17-3-4-17/h5-6,13-17,28-29H,2-4,7-12H2,1H3. The van der Waals surface area contributed by atoms with E-state index >= 15 is 0 Å². The lowest BCUT2D eigenvalue weighted by atomic mass is 10.1. The second-order valence-corrected chi connectivity index (χ2v) is 8.96. The van der Waals surface area contributed by atoms with Crippen LogP contribution < -0.4 is 15.5 Å². The molecule has 180 valence electrons. The van der Waals surface area contributed by atoms with Crippen LogP contribution >= 0.6 is 0 Å². The van der Waals surface area contributed by atoms with Gasteiger partial charge in [0.05, 0.1) is 11.2 Å². The number of fused-ring (bicyclic) bond motifs is 1. The molecule has 0 unspecified atom stereocenters. The van der Waals surface area contributed by atoms with Crippen molar-refractivity contribution in [3.05, 3.63) is 48.3 Å². The van der Waals surface area contributed by atoms with Crippen LogP contribution in [0.15, 0.2) is 36.7 Å². The van der Waals surface area contributed by atoms with Gasteiger partial charge in [-0.2, -0.15) is 5.10 Å². The summed E-state index contributed by atoms with van der Waals surface area (Å²) in [4.78, 5) is 16.6. The average Bonchev–Trinajstić information content (AvgIpc) is 3.60. The number of halogens is 2. The van der Waals surface area contributed by atoms with Gasteiger partial charge in [0.25, 0.3) is 0 Å². The van der Waals surface area contributed by atoms with Crippen LogP contribution in [0.25, 0.3) is 16.6 Å². The number of anilines is 2. The average molecular weight is 469 g/mol. The van der Waals surface area contributed by atoms with E-state index in [1.54, 1.807) is 16.9 Å². The van der Waals surface area contributed by atoms with Gasteiger partial charge >= 0.3 is 0 Å². The molecular formula is C25H30F2N6O. The number of hydrogen-bond acceptors (Lipinski definition) is 5. The van der Waals surface area contributed by atoms with Gasteiger partial charge in [-0.15, -0.1) is 0 Å². The summed E-state index contributed by atoms with van der Waals surface area (Å²) in [5.41, 5.74) is 2.92. The largest absolute Gasteiger partial charge is 0.379 e. The fraction of sp³-hybridized carbons (Fsp3) is 0.440. The van der Waals surface area contributed by atoms with E-state index < -0.39 is 11.6 Å². The van der Waals surface area contributed by atoms with Gasteiger partial charge in [-0.05, 0) is 49.2 Å². The summed E-state index contributed by atoms with van der Waals surface area (Å²) in [6, 6.07) is 6.58. The molecule has 1 aromatic carbocycles. The van der Waals surface area contributed by atoms with E-state index in [1.807, 2.05) is 24.0 Å². The molecule has 0 bridgehead atoms. The normalized spacial score (nSPS) is 16.3. The van der Waals surface area contributed by atoms with Crippen LogP contribution in [0.5, 0.6) is 0 Å². The van der Waals surface area contributed by atoms with Crippen LogP contribution in [0.2, 0.25) is 0 Å². The molecule has 34 heavy (non-hydrogen) atoms. The zero-order valence-corrected chi connectivity index (χ0v) is 19.4. The first-order valence-corrected chi connectivity index (χ1v) is 12.0. The van der Waals surface area contributed by atoms with Gasteiger partial charge in [0, 0.05) is 63.1 Å². The van der Waals surface area contributed by atoms with Crippen molar-refractivity contribution in [2.24, 2.45) is 5.92 Å². The first-order valence-electron chi connectivity index (χ1n) is 12.0. The van der Waals surface area contributed by atoms with Crippen molar-refractivity contribution >= 4 is 22.8 Å². The number of carbonyl (C=O) groups excluding carboxylic acids is 1. The first-order chi connectivity index (χ1) is 16.5. The molecule has 2 fully saturated rings. The Labute approximate surface area is 197 Å². The van der Waals surface area contributed by atoms with Crippen LogP contribution in [0.4, 0.5) is 20.2 Å². The Hall–Kier alpha value is -3.20. The van der Waals surface area contributed by atoms with Crippen LogP contribution in [-0.4, -0.2) is 66.2 Å². The van der Waals surface area contributed by atoms with Gasteiger partial charge in [0.1, 0.15) is 17.3 Å². The molecule has 0 radical (unpaired) electrons. The van der Waals surface area contributed by atoms with Crippen LogP contribution in [0.1, 0.15) is 19.8 Å². The fourth-order valence-corrected chi connectivity index (χ4v) is 4.54. The Morgan fingerprint density at radius 1 is 1.06 bits per heavy atom. The number of carbonyl (C=O) groups is 1. The lowest BCUT2D eigenvalue weighted by molar-refractivity contribution is -0.132. The minimum absolute atomic E-state index is 0.108. The predicted octanol–water partition coefficient (Wildman–Crippen LogP) is 3.36. The number of amides is 1. The van der Waals surface area contributed by atoms with E-state index in [-0.39, 0.29) is 17.5 Å². The molecule has 2 aromatic heterocycles. The third-order valence-corrected chi connectivity index (χ3v) is 6.57. The Morgan fingerprint density at radius 3 is 2.47 bits per heavy atom. The smallest absolute Gasteiger partial charge is 0.225 e. The molecule has 1 saturated carbocycles. The SMILES string of the molecule is CCNCCNc1c(F)cc(-c2cc3c(N4CCN(C(=O)C5CC5)CC4)ccnn3c2)cc1F. The summed E-state index contributed by atoms with van der Waals surface area (Å²) >= 11 is 0. The molecule has 1 amide bonds. The summed E-state index contributed by atoms with van der Waals surface area (Å²) in [5, 5.41) is 10.3. The molecule has 3 aromatic rings. The van der Waals surface area contributed by atoms with Gasteiger partial charge in [0.2, 0.25) is 5.91 Å². The lowest BCUT2D eigenvalue weighted by Gasteiger charge is -2.36. The second-order valence-electron chi connectivity index (χ2n) is 8.96. The van der Waals surface area contributed by atoms with Crippen molar-refractivity contribution in [1.82, 2.24) is 19.8 Å². The zero-order valence-electron chi connectivity index (χ0n) is 19.4. The molecule has 2 N–H and O–H groups in total. The van der Waals surface area contributed by atoms with E-state index in [1.165, 1.54) is 12.1 Å². The summed E-state index contributed by atoms with van der Waals surface area (Å²) in [7, 11) is 0. The predicted molar refractivity (Wildman–Crippen MR) is 129 cm³/mol. The van der Waals surface area contributed by atoms with E-state index in [4.69, 9.17) is 0 Å². The maximum Gasteiger partial charge on any atom is 0.225 e. The fourth-order valence-electron chi connectivity index (χ4n) is 4.54. The summed E-state index contributed by atoms with van der Waals surface area (Å²) in [6.45, 7) is 6.74. The molecule has 0 atom stereocenters. The monoisotopic (exact) mass is 468 g/mol. The molecule has 5 rings (SSSR count). The third-order valence-electron chi connectivity index (χ3n) is 6.57. The maximum absolute atomic E-state index is 14.7. The lowest BCUT2D eigenvalue weighted by Crippen LogP contribution is -2.49. The molecule has 1 aliphatic heterocycles. The van der Waals surface area contributed by atoms with Gasteiger partial charge < -0.3 is 20.4 Å². The molecule has 3 heterocycles.